The van der Waals surface area contributed by atoms with Gasteiger partial charge in [-0.05, 0) is 38.8 Å². The minimum absolute atomic E-state index is 0.131. The van der Waals surface area contributed by atoms with Crippen molar-refractivity contribution in [3.8, 4) is 0 Å². The second-order valence-electron chi connectivity index (χ2n) is 6.40. The van der Waals surface area contributed by atoms with Gasteiger partial charge in [0.05, 0.1) is 24.4 Å². The molecule has 2 aromatic heterocycles. The van der Waals surface area contributed by atoms with Gasteiger partial charge in [-0.25, -0.2) is 4.98 Å². The molecule has 7 heteroatoms. The minimum atomic E-state index is -0.131. The van der Waals surface area contributed by atoms with E-state index in [4.69, 9.17) is 4.74 Å². The van der Waals surface area contributed by atoms with E-state index in [0.29, 0.717) is 31.3 Å². The zero-order chi connectivity index (χ0) is 17.8. The summed E-state index contributed by atoms with van der Waals surface area (Å²) in [4.78, 5) is 16.7. The number of aryl methyl sites for hydroxylation is 1. The van der Waals surface area contributed by atoms with Gasteiger partial charge in [0.25, 0.3) is 5.91 Å². The molecule has 0 spiro atoms. The number of nitrogens with one attached hydrogen (secondary N) is 2. The highest BCUT2D eigenvalue weighted by atomic mass is 16.5. The maximum atomic E-state index is 12.3. The van der Waals surface area contributed by atoms with Crippen LogP contribution in [0, 0.1) is 13.8 Å². The number of pyridine rings is 1. The topological polar surface area (TPSA) is 81.1 Å². The molecule has 2 aromatic rings. The molecule has 1 aliphatic rings. The Morgan fingerprint density at radius 2 is 2.16 bits per heavy atom. The number of ether oxygens (including phenoxy) is 1. The van der Waals surface area contributed by atoms with Crippen LogP contribution in [-0.2, 0) is 17.8 Å². The fourth-order valence-corrected chi connectivity index (χ4v) is 2.71. The number of nitrogens with zero attached hydrogens (tertiary/aromatic N) is 3. The summed E-state index contributed by atoms with van der Waals surface area (Å²) in [5.41, 5.74) is 3.58. The van der Waals surface area contributed by atoms with E-state index in [0.717, 1.165) is 22.8 Å². The summed E-state index contributed by atoms with van der Waals surface area (Å²) in [6.07, 6.45) is 4.00. The van der Waals surface area contributed by atoms with Gasteiger partial charge in [0, 0.05) is 37.2 Å². The molecule has 0 radical (unpaired) electrons. The highest BCUT2D eigenvalue weighted by molar-refractivity contribution is 5.94. The minimum Gasteiger partial charge on any atom is -0.383 e. The third-order valence-corrected chi connectivity index (χ3v) is 4.42. The van der Waals surface area contributed by atoms with Crippen molar-refractivity contribution in [2.24, 2.45) is 0 Å². The predicted octanol–water partition coefficient (Wildman–Crippen LogP) is 2.05. The van der Waals surface area contributed by atoms with Crippen LogP contribution in [0.4, 0.5) is 5.82 Å². The van der Waals surface area contributed by atoms with E-state index >= 15 is 0 Å². The molecule has 0 saturated heterocycles. The molecule has 2 N–H and O–H groups in total. The van der Waals surface area contributed by atoms with Gasteiger partial charge in [0.2, 0.25) is 0 Å². The largest absolute Gasteiger partial charge is 0.383 e. The Labute approximate surface area is 147 Å². The molecule has 0 aliphatic heterocycles. The number of hydrogen-bond acceptors (Lipinski definition) is 5. The molecule has 0 unspecified atom stereocenters. The van der Waals surface area contributed by atoms with Crippen molar-refractivity contribution in [2.75, 3.05) is 19.0 Å². The fraction of sp³-hybridized carbons (Fsp3) is 0.500. The molecule has 1 aliphatic carbocycles. The summed E-state index contributed by atoms with van der Waals surface area (Å²) in [7, 11) is 1.67. The lowest BCUT2D eigenvalue weighted by Gasteiger charge is -2.08. The summed E-state index contributed by atoms with van der Waals surface area (Å²) >= 11 is 0. The van der Waals surface area contributed by atoms with Crippen LogP contribution >= 0.6 is 0 Å². The lowest BCUT2D eigenvalue weighted by molar-refractivity contribution is 0.0950. The summed E-state index contributed by atoms with van der Waals surface area (Å²) < 4.78 is 7.02. The first-order valence-corrected chi connectivity index (χ1v) is 8.61. The van der Waals surface area contributed by atoms with Gasteiger partial charge >= 0.3 is 0 Å². The molecular formula is C18H25N5O2. The van der Waals surface area contributed by atoms with Gasteiger partial charge in [-0.1, -0.05) is 0 Å². The lowest BCUT2D eigenvalue weighted by atomic mass is 10.2. The van der Waals surface area contributed by atoms with Crippen molar-refractivity contribution in [1.29, 1.82) is 0 Å². The molecular weight excluding hydrogens is 318 g/mol. The molecule has 2 heterocycles. The number of carbonyl (C=O) groups is 1. The number of anilines is 1. The predicted molar refractivity (Wildman–Crippen MR) is 95.6 cm³/mol. The van der Waals surface area contributed by atoms with Gasteiger partial charge < -0.3 is 15.4 Å². The molecule has 1 saturated carbocycles. The number of hydrogen-bond donors (Lipinski definition) is 2. The summed E-state index contributed by atoms with van der Waals surface area (Å²) in [5.74, 6) is 0.694. The second kappa shape index (κ2) is 7.65. The van der Waals surface area contributed by atoms with E-state index in [1.807, 2.05) is 24.6 Å². The highest BCUT2D eigenvalue weighted by Crippen LogP contribution is 2.23. The standard InChI is InChI=1S/C18H25N5O2/c1-12-16(13(2)23(22-12)8-9-25-3)11-20-18(24)14-4-7-17(19-10-14)21-15-5-6-15/h4,7,10,15H,5-6,8-9,11H2,1-3H3,(H,19,21)(H,20,24). The summed E-state index contributed by atoms with van der Waals surface area (Å²) in [5, 5.41) is 10.8. The first-order valence-electron chi connectivity index (χ1n) is 8.61. The molecule has 1 amide bonds. The van der Waals surface area contributed by atoms with Gasteiger partial charge in [-0.3, -0.25) is 9.48 Å². The van der Waals surface area contributed by atoms with E-state index in [2.05, 4.69) is 20.7 Å². The van der Waals surface area contributed by atoms with Crippen molar-refractivity contribution in [2.45, 2.75) is 45.8 Å². The first-order chi connectivity index (χ1) is 12.1. The molecule has 0 aromatic carbocycles. The van der Waals surface area contributed by atoms with E-state index < -0.39 is 0 Å². The van der Waals surface area contributed by atoms with Crippen molar-refractivity contribution in [3.63, 3.8) is 0 Å². The molecule has 0 bridgehead atoms. The highest BCUT2D eigenvalue weighted by Gasteiger charge is 2.21. The molecule has 25 heavy (non-hydrogen) atoms. The smallest absolute Gasteiger partial charge is 0.253 e. The van der Waals surface area contributed by atoms with Gasteiger partial charge in [0.1, 0.15) is 5.82 Å². The van der Waals surface area contributed by atoms with Crippen molar-refractivity contribution in [3.05, 3.63) is 40.8 Å². The third-order valence-electron chi connectivity index (χ3n) is 4.42. The zero-order valence-corrected chi connectivity index (χ0v) is 15.0. The van der Waals surface area contributed by atoms with Crippen LogP contribution in [0.5, 0.6) is 0 Å². The Morgan fingerprint density at radius 3 is 2.80 bits per heavy atom. The van der Waals surface area contributed by atoms with Crippen molar-refractivity contribution < 1.29 is 9.53 Å². The van der Waals surface area contributed by atoms with E-state index in [1.54, 1.807) is 19.4 Å². The normalized spacial score (nSPS) is 13.7. The monoisotopic (exact) mass is 343 g/mol. The van der Waals surface area contributed by atoms with Gasteiger partial charge in [-0.15, -0.1) is 0 Å². The number of carbonyl (C=O) groups excluding carboxylic acids is 1. The maximum absolute atomic E-state index is 12.3. The first kappa shape index (κ1) is 17.4. The molecule has 3 rings (SSSR count). The maximum Gasteiger partial charge on any atom is 0.253 e. The van der Waals surface area contributed by atoms with Crippen molar-refractivity contribution >= 4 is 11.7 Å². The Balaban J connectivity index is 1.59. The van der Waals surface area contributed by atoms with Crippen LogP contribution in [-0.4, -0.2) is 40.4 Å². The van der Waals surface area contributed by atoms with Crippen LogP contribution in [0.25, 0.3) is 0 Å². The Hall–Kier alpha value is -2.41. The summed E-state index contributed by atoms with van der Waals surface area (Å²) in [6, 6.07) is 4.20. The SMILES string of the molecule is COCCn1nc(C)c(CNC(=O)c2ccc(NC3CC3)nc2)c1C. The van der Waals surface area contributed by atoms with Crippen LogP contribution in [0.2, 0.25) is 0 Å². The van der Waals surface area contributed by atoms with Gasteiger partial charge in [0.15, 0.2) is 0 Å². The van der Waals surface area contributed by atoms with Crippen LogP contribution in [0.1, 0.15) is 40.2 Å². The quantitative estimate of drug-likeness (QED) is 0.767. The van der Waals surface area contributed by atoms with Crippen LogP contribution in [0.15, 0.2) is 18.3 Å². The molecule has 7 nitrogen and oxygen atoms in total. The fourth-order valence-electron chi connectivity index (χ4n) is 2.71. The molecule has 1 fully saturated rings. The Morgan fingerprint density at radius 1 is 1.36 bits per heavy atom. The number of rotatable bonds is 8. The number of amides is 1. The average molecular weight is 343 g/mol. The Bertz CT molecular complexity index is 735. The average Bonchev–Trinajstić information content (AvgIpc) is 3.38. The van der Waals surface area contributed by atoms with E-state index in [-0.39, 0.29) is 5.91 Å². The molecule has 134 valence electrons. The van der Waals surface area contributed by atoms with Gasteiger partial charge in [-0.2, -0.15) is 5.10 Å². The number of aromatic nitrogens is 3. The summed E-state index contributed by atoms with van der Waals surface area (Å²) in [6.45, 7) is 5.73. The van der Waals surface area contributed by atoms with Crippen LogP contribution in [0.3, 0.4) is 0 Å². The molecule has 0 atom stereocenters. The van der Waals surface area contributed by atoms with E-state index in [1.165, 1.54) is 12.8 Å². The zero-order valence-electron chi connectivity index (χ0n) is 15.0. The van der Waals surface area contributed by atoms with Crippen LogP contribution < -0.4 is 10.6 Å². The number of methoxy groups -OCH3 is 1. The Kier molecular flexibility index (Phi) is 5.33. The van der Waals surface area contributed by atoms with Crippen molar-refractivity contribution in [1.82, 2.24) is 20.1 Å². The lowest BCUT2D eigenvalue weighted by Crippen LogP contribution is -2.23. The second-order valence-corrected chi connectivity index (χ2v) is 6.40. The van der Waals surface area contributed by atoms with E-state index in [9.17, 15) is 4.79 Å². The third kappa shape index (κ3) is 4.36.